The lowest BCUT2D eigenvalue weighted by Crippen LogP contribution is -2.06. The molecule has 0 amide bonds. The molecule has 0 saturated carbocycles. The van der Waals surface area contributed by atoms with Gasteiger partial charge in [-0.3, -0.25) is 14.0 Å². The van der Waals surface area contributed by atoms with Crippen LogP contribution in [-0.2, 0) is 22.7 Å². The van der Waals surface area contributed by atoms with E-state index >= 15 is 0 Å². The molecule has 0 rings (SSSR count). The van der Waals surface area contributed by atoms with Crippen LogP contribution in [0.5, 0.6) is 0 Å². The molecular formula is C22H62F6O8P4. The van der Waals surface area contributed by atoms with E-state index in [0.717, 1.165) is 7.11 Å². The lowest BCUT2D eigenvalue weighted by Gasteiger charge is -2.07. The third kappa shape index (κ3) is 159. The summed E-state index contributed by atoms with van der Waals surface area (Å²) in [6, 6.07) is 0. The Labute approximate surface area is 242 Å². The highest BCUT2D eigenvalue weighted by molar-refractivity contribution is 7.63. The van der Waals surface area contributed by atoms with Crippen LogP contribution in [0.2, 0.25) is 0 Å². The molecule has 8 nitrogen and oxygen atoms in total. The summed E-state index contributed by atoms with van der Waals surface area (Å²) in [5, 5.41) is 0. The molecule has 260 valence electrons. The van der Waals surface area contributed by atoms with Crippen molar-refractivity contribution in [1.82, 2.24) is 0 Å². The Hall–Kier alpha value is 0.370. The SMILES string of the molecule is C.C.C=P(C)(F)OC.CC(F)(F)P(=O)(O)F.CCC.CCC.CCC.CCC.CCP(=O)(O)F.COP(=O)(O)F. The molecule has 0 saturated heterocycles. The number of hydrogen-bond acceptors (Lipinski definition) is 5. The molecular weight excluding hydrogens is 630 g/mol. The van der Waals surface area contributed by atoms with Gasteiger partial charge in [0.25, 0.3) is 0 Å². The van der Waals surface area contributed by atoms with Crippen LogP contribution in [0.4, 0.5) is 25.6 Å². The zero-order chi connectivity index (χ0) is 33.4. The smallest absolute Gasteiger partial charge is 0.337 e. The Bertz CT molecular complexity index is 557. The van der Waals surface area contributed by atoms with Crippen molar-refractivity contribution in [2.24, 2.45) is 0 Å². The molecule has 0 aromatic heterocycles. The number of halogens is 6. The normalized spacial score (nSPS) is 14.8. The van der Waals surface area contributed by atoms with Crippen molar-refractivity contribution in [3.05, 3.63) is 0 Å². The molecule has 0 aliphatic carbocycles. The van der Waals surface area contributed by atoms with E-state index in [1.807, 2.05) is 0 Å². The maximum Gasteiger partial charge on any atom is 0.510 e. The molecule has 4 unspecified atom stereocenters. The van der Waals surface area contributed by atoms with Gasteiger partial charge < -0.3 is 14.3 Å². The van der Waals surface area contributed by atoms with Gasteiger partial charge in [0.1, 0.15) is 0 Å². The van der Waals surface area contributed by atoms with E-state index < -0.39 is 36.4 Å². The third-order valence-electron chi connectivity index (χ3n) is 1.48. The summed E-state index contributed by atoms with van der Waals surface area (Å²) in [5.74, 6) is 0. The van der Waals surface area contributed by atoms with Crippen molar-refractivity contribution in [3.63, 3.8) is 0 Å². The van der Waals surface area contributed by atoms with Crippen LogP contribution >= 0.6 is 30.7 Å². The first-order valence-corrected chi connectivity index (χ1v) is 18.5. The minimum Gasteiger partial charge on any atom is -0.337 e. The van der Waals surface area contributed by atoms with Crippen molar-refractivity contribution in [3.8, 4) is 0 Å². The summed E-state index contributed by atoms with van der Waals surface area (Å²) < 4.78 is 104. The first-order valence-electron chi connectivity index (χ1n) is 11.6. The van der Waals surface area contributed by atoms with Crippen molar-refractivity contribution in [1.29, 1.82) is 0 Å². The Morgan fingerprint density at radius 1 is 0.675 bits per heavy atom. The fourth-order valence-corrected chi connectivity index (χ4v) is 0. The average molecular weight is 693 g/mol. The zero-order valence-corrected chi connectivity index (χ0v) is 28.8. The average Bonchev–Trinajstić information content (AvgIpc) is 2.69. The Kier molecular flexibility index (Phi) is 70.4. The highest BCUT2D eigenvalue weighted by Crippen LogP contribution is 2.57. The molecule has 0 radical (unpaired) electrons. The number of rotatable bonds is 4. The van der Waals surface area contributed by atoms with Crippen molar-refractivity contribution < 1.29 is 63.0 Å². The van der Waals surface area contributed by atoms with E-state index in [2.05, 4.69) is 70.7 Å². The highest BCUT2D eigenvalue weighted by atomic mass is 31.2. The highest BCUT2D eigenvalue weighted by Gasteiger charge is 2.45. The molecule has 0 bridgehead atoms. The summed E-state index contributed by atoms with van der Waals surface area (Å²) in [6.07, 6.45) is 7.83. The maximum absolute atomic E-state index is 11.9. The molecule has 18 heteroatoms. The topological polar surface area (TPSA) is 130 Å². The van der Waals surface area contributed by atoms with Crippen molar-refractivity contribution in [2.75, 3.05) is 27.0 Å². The van der Waals surface area contributed by atoms with Crippen LogP contribution in [-0.4, -0.2) is 53.7 Å². The third-order valence-corrected chi connectivity index (χ3v) is 4.44. The van der Waals surface area contributed by atoms with E-state index in [-0.39, 0.29) is 27.9 Å². The molecule has 0 aliphatic heterocycles. The molecule has 3 N–H and O–H groups in total. The summed E-state index contributed by atoms with van der Waals surface area (Å²) in [7, 11) is -15.0. The van der Waals surface area contributed by atoms with Gasteiger partial charge in [-0.15, -0.1) is 4.20 Å². The van der Waals surface area contributed by atoms with Gasteiger partial charge in [-0.2, -0.15) is 17.2 Å². The minimum atomic E-state index is -5.68. The van der Waals surface area contributed by atoms with Gasteiger partial charge in [0, 0.05) is 27.8 Å². The fourth-order valence-electron chi connectivity index (χ4n) is 0. The van der Waals surface area contributed by atoms with Gasteiger partial charge in [-0.1, -0.05) is 103 Å². The van der Waals surface area contributed by atoms with E-state index in [0.29, 0.717) is 0 Å². The van der Waals surface area contributed by atoms with Crippen molar-refractivity contribution in [2.45, 2.75) is 115 Å². The maximum atomic E-state index is 11.9. The standard InChI is InChI=1S/C3H8FOP.4C3H8.C2H4F3O2P.C2H6FO2P.CH4FO3P.2CH4/c1-5-6(2,3)4;4*1-3-2;1-2(3,4)8(5,6)7;1-2-6(3,4)5;1-5-6(2,3)4;;/h2H2,1,3H3;4*3H2,1-2H3;1H3,(H,6,7);2H2,1H3,(H,4,5);1H3,(H,3,4);2*1H4. The second-order valence-corrected chi connectivity index (χ2v) is 14.2. The van der Waals surface area contributed by atoms with Crippen LogP contribution in [0.3, 0.4) is 0 Å². The van der Waals surface area contributed by atoms with Gasteiger partial charge in [0.15, 0.2) is 7.42 Å². The Morgan fingerprint density at radius 3 is 0.775 bits per heavy atom. The van der Waals surface area contributed by atoms with Crippen LogP contribution in [0.1, 0.15) is 110 Å². The fraction of sp³-hybridized carbons (Fsp3) is 0.955. The molecule has 0 heterocycles. The predicted octanol–water partition coefficient (Wildman–Crippen LogP) is 12.1. The van der Waals surface area contributed by atoms with E-state index in [9.17, 15) is 39.3 Å². The van der Waals surface area contributed by atoms with Crippen LogP contribution in [0.25, 0.3) is 0 Å². The van der Waals surface area contributed by atoms with Crippen LogP contribution in [0, 0.1) is 0 Å². The van der Waals surface area contributed by atoms with Crippen molar-refractivity contribution >= 4 is 37.0 Å². The molecule has 0 fully saturated rings. The monoisotopic (exact) mass is 692 g/mol. The van der Waals surface area contributed by atoms with E-state index in [1.54, 1.807) is 0 Å². The molecule has 0 spiro atoms. The second-order valence-electron chi connectivity index (χ2n) is 6.91. The molecule has 0 aromatic rings. The molecule has 0 aromatic carbocycles. The molecule has 0 aliphatic rings. The largest absolute Gasteiger partial charge is 0.510 e. The summed E-state index contributed by atoms with van der Waals surface area (Å²) in [5.41, 5.74) is -4.12. The van der Waals surface area contributed by atoms with Gasteiger partial charge in [0.2, 0.25) is 0 Å². The quantitative estimate of drug-likeness (QED) is 0.196. The first kappa shape index (κ1) is 67.8. The van der Waals surface area contributed by atoms with E-state index in [1.165, 1.54) is 46.4 Å². The first-order chi connectivity index (χ1) is 16.6. The summed E-state index contributed by atoms with van der Waals surface area (Å²) in [6.45, 7) is 19.7. The van der Waals surface area contributed by atoms with Crippen LogP contribution < -0.4 is 0 Å². The Morgan fingerprint density at radius 2 is 0.775 bits per heavy atom. The lowest BCUT2D eigenvalue weighted by molar-refractivity contribution is 0.0873. The predicted molar refractivity (Wildman–Crippen MR) is 166 cm³/mol. The zero-order valence-electron chi connectivity index (χ0n) is 25.2. The van der Waals surface area contributed by atoms with Crippen LogP contribution in [0.15, 0.2) is 0 Å². The molecule has 40 heavy (non-hydrogen) atoms. The van der Waals surface area contributed by atoms with Gasteiger partial charge in [-0.25, -0.2) is 13.3 Å². The Balaban J connectivity index is -0.0000000329. The second kappa shape index (κ2) is 41.5. The lowest BCUT2D eigenvalue weighted by atomic mass is 10.6. The van der Waals surface area contributed by atoms with Gasteiger partial charge >= 0.3 is 28.9 Å². The minimum absolute atomic E-state index is 0. The summed E-state index contributed by atoms with van der Waals surface area (Å²) in [4.78, 5) is 22.7. The summed E-state index contributed by atoms with van der Waals surface area (Å²) >= 11 is 0. The van der Waals surface area contributed by atoms with E-state index in [4.69, 9.17) is 14.7 Å². The number of alkyl halides is 2. The molecule has 4 atom stereocenters. The van der Waals surface area contributed by atoms with Gasteiger partial charge in [-0.05, 0) is 6.30 Å². The number of hydrogen-bond donors (Lipinski definition) is 3. The van der Waals surface area contributed by atoms with Gasteiger partial charge in [0.05, 0.1) is 6.16 Å².